The molecule has 0 saturated heterocycles. The molecule has 0 amide bonds. The first kappa shape index (κ1) is 23.2. The van der Waals surface area contributed by atoms with Crippen molar-refractivity contribution in [2.75, 3.05) is 24.8 Å². The van der Waals surface area contributed by atoms with Crippen molar-refractivity contribution in [2.24, 2.45) is 23.7 Å². The van der Waals surface area contributed by atoms with Crippen LogP contribution >= 0.6 is 0 Å². The van der Waals surface area contributed by atoms with Crippen LogP contribution in [-0.2, 0) is 7.05 Å². The van der Waals surface area contributed by atoms with Gasteiger partial charge in [-0.2, -0.15) is 0 Å². The van der Waals surface area contributed by atoms with Crippen LogP contribution in [0, 0.1) is 0 Å². The van der Waals surface area contributed by atoms with E-state index in [9.17, 15) is 4.79 Å². The number of amidine groups is 1. The Hall–Kier alpha value is -4.58. The highest BCUT2D eigenvalue weighted by Gasteiger charge is 2.23. The normalized spacial score (nSPS) is 13.6. The van der Waals surface area contributed by atoms with E-state index < -0.39 is 0 Å². The van der Waals surface area contributed by atoms with Crippen LogP contribution in [0.15, 0.2) is 52.5 Å². The van der Waals surface area contributed by atoms with Gasteiger partial charge in [-0.05, 0) is 42.5 Å². The highest BCUT2D eigenvalue weighted by molar-refractivity contribution is 6.02. The quantitative estimate of drug-likeness (QED) is 0.108. The summed E-state index contributed by atoms with van der Waals surface area (Å²) in [5.74, 6) is 8.05. The minimum Gasteiger partial charge on any atom is -0.494 e. The van der Waals surface area contributed by atoms with E-state index in [-0.39, 0.29) is 11.4 Å². The molecule has 3 heterocycles. The third-order valence-electron chi connectivity index (χ3n) is 5.93. The number of nitrogens with one attached hydrogen (secondary N) is 3. The SMILES string of the molecule is COc1c(Nc2cc(Nc3ccc(C4CC4)cn3)nc3[nH]n(C)c(=O)c23)cccc1/C(N)=N/N(C)N. The lowest BCUT2D eigenvalue weighted by molar-refractivity contribution is 0.371. The fourth-order valence-corrected chi connectivity index (χ4v) is 4.08. The number of hydrazine groups is 1. The monoisotopic (exact) mass is 488 g/mol. The Bertz CT molecular complexity index is 1500. The molecule has 0 unspecified atom stereocenters. The van der Waals surface area contributed by atoms with E-state index >= 15 is 0 Å². The van der Waals surface area contributed by atoms with Gasteiger partial charge in [0.15, 0.2) is 17.2 Å². The van der Waals surface area contributed by atoms with Crippen molar-refractivity contribution in [3.63, 3.8) is 0 Å². The van der Waals surface area contributed by atoms with Gasteiger partial charge in [-0.15, -0.1) is 5.10 Å². The lowest BCUT2D eigenvalue weighted by Crippen LogP contribution is -2.26. The second-order valence-corrected chi connectivity index (χ2v) is 8.70. The number of rotatable bonds is 8. The number of methoxy groups -OCH3 is 1. The zero-order valence-corrected chi connectivity index (χ0v) is 20.2. The zero-order chi connectivity index (χ0) is 25.4. The molecule has 0 atom stereocenters. The minimum absolute atomic E-state index is 0.181. The molecule has 1 aliphatic rings. The molecule has 12 nitrogen and oxygen atoms in total. The molecular formula is C24H28N10O2. The highest BCUT2D eigenvalue weighted by Crippen LogP contribution is 2.40. The van der Waals surface area contributed by atoms with E-state index in [1.807, 2.05) is 18.3 Å². The number of aromatic amines is 1. The third-order valence-corrected chi connectivity index (χ3v) is 5.93. The van der Waals surface area contributed by atoms with Crippen LogP contribution in [0.25, 0.3) is 11.0 Å². The van der Waals surface area contributed by atoms with E-state index in [1.165, 1.54) is 30.2 Å². The van der Waals surface area contributed by atoms with Crippen molar-refractivity contribution in [1.82, 2.24) is 24.9 Å². The molecule has 1 aromatic carbocycles. The Morgan fingerprint density at radius 3 is 2.69 bits per heavy atom. The number of para-hydroxylation sites is 1. The molecule has 0 aliphatic heterocycles. The summed E-state index contributed by atoms with van der Waals surface area (Å²) in [7, 11) is 4.74. The topological polar surface area (TPSA) is 164 Å². The number of hydrogen-bond acceptors (Lipinski definition) is 9. The van der Waals surface area contributed by atoms with Gasteiger partial charge in [-0.25, -0.2) is 20.9 Å². The number of H-pyrrole nitrogens is 1. The van der Waals surface area contributed by atoms with Gasteiger partial charge >= 0.3 is 0 Å². The predicted octanol–water partition coefficient (Wildman–Crippen LogP) is 2.46. The molecule has 186 valence electrons. The van der Waals surface area contributed by atoms with Gasteiger partial charge in [-0.1, -0.05) is 12.1 Å². The summed E-state index contributed by atoms with van der Waals surface area (Å²) in [6.07, 6.45) is 4.32. The molecular weight excluding hydrogens is 460 g/mol. The third kappa shape index (κ3) is 4.53. The van der Waals surface area contributed by atoms with Gasteiger partial charge in [0.05, 0.1) is 24.0 Å². The molecule has 0 radical (unpaired) electrons. The van der Waals surface area contributed by atoms with Crippen LogP contribution in [0.2, 0.25) is 0 Å². The average Bonchev–Trinajstić information content (AvgIpc) is 3.65. The highest BCUT2D eigenvalue weighted by atomic mass is 16.5. The molecule has 5 rings (SSSR count). The summed E-state index contributed by atoms with van der Waals surface area (Å²) in [4.78, 5) is 22.0. The van der Waals surface area contributed by atoms with E-state index in [1.54, 1.807) is 32.3 Å². The van der Waals surface area contributed by atoms with Gasteiger partial charge in [0.2, 0.25) is 0 Å². The van der Waals surface area contributed by atoms with Crippen molar-refractivity contribution >= 4 is 39.9 Å². The summed E-state index contributed by atoms with van der Waals surface area (Å²) in [5.41, 5.74) is 9.23. The number of aryl methyl sites for hydroxylation is 1. The number of fused-ring (bicyclic) bond motifs is 1. The molecule has 12 heteroatoms. The van der Waals surface area contributed by atoms with Gasteiger partial charge < -0.3 is 21.1 Å². The average molecular weight is 489 g/mol. The second kappa shape index (κ2) is 9.23. The number of pyridine rings is 2. The van der Waals surface area contributed by atoms with Crippen LogP contribution in [0.1, 0.15) is 29.9 Å². The maximum atomic E-state index is 12.9. The summed E-state index contributed by atoms with van der Waals surface area (Å²) < 4.78 is 7.02. The van der Waals surface area contributed by atoms with Crippen molar-refractivity contribution < 1.29 is 4.74 Å². The molecule has 1 saturated carbocycles. The molecule has 0 spiro atoms. The largest absolute Gasteiger partial charge is 0.494 e. The number of nitrogens with zero attached hydrogens (tertiary/aromatic N) is 5. The molecule has 36 heavy (non-hydrogen) atoms. The van der Waals surface area contributed by atoms with E-state index in [4.69, 9.17) is 16.3 Å². The first-order chi connectivity index (χ1) is 17.3. The lowest BCUT2D eigenvalue weighted by Gasteiger charge is -2.16. The number of aromatic nitrogens is 4. The second-order valence-electron chi connectivity index (χ2n) is 8.70. The van der Waals surface area contributed by atoms with Crippen LogP contribution in [0.4, 0.5) is 23.0 Å². The summed E-state index contributed by atoms with van der Waals surface area (Å²) in [6, 6.07) is 11.2. The molecule has 4 aromatic rings. The summed E-state index contributed by atoms with van der Waals surface area (Å²) >= 11 is 0. The summed E-state index contributed by atoms with van der Waals surface area (Å²) in [5, 5.41) is 15.1. The minimum atomic E-state index is -0.223. The number of nitrogens with two attached hydrogens (primary N) is 2. The van der Waals surface area contributed by atoms with Crippen LogP contribution in [0.3, 0.4) is 0 Å². The van der Waals surface area contributed by atoms with Gasteiger partial charge in [0.1, 0.15) is 17.0 Å². The number of benzene rings is 1. The van der Waals surface area contributed by atoms with Crippen molar-refractivity contribution in [3.05, 3.63) is 64.1 Å². The molecule has 3 aromatic heterocycles. The van der Waals surface area contributed by atoms with Gasteiger partial charge in [0.25, 0.3) is 5.56 Å². The van der Waals surface area contributed by atoms with Crippen molar-refractivity contribution in [1.29, 1.82) is 0 Å². The zero-order valence-electron chi connectivity index (χ0n) is 20.2. The lowest BCUT2D eigenvalue weighted by atomic mass is 10.1. The van der Waals surface area contributed by atoms with Crippen molar-refractivity contribution in [3.8, 4) is 5.75 Å². The number of hydrazone groups is 1. The fraction of sp³-hybridized carbons (Fsp3) is 0.250. The van der Waals surface area contributed by atoms with Crippen LogP contribution < -0.4 is 32.5 Å². The van der Waals surface area contributed by atoms with Crippen LogP contribution in [-0.4, -0.2) is 44.9 Å². The van der Waals surface area contributed by atoms with E-state index in [0.717, 1.165) is 5.12 Å². The maximum absolute atomic E-state index is 12.9. The Morgan fingerprint density at radius 2 is 2.03 bits per heavy atom. The number of ether oxygens (including phenoxy) is 1. The standard InChI is InChI=1S/C24H28N10O2/c1-33-24(35)20-17(28-16-6-4-5-15(21(16)36-3)22(25)31-34(2)26)11-19(30-23(20)32-33)29-18-10-9-14(12-27-18)13-7-8-13/h4-6,9-13H,7-8,26H2,1-3H3,(H2,25,31)(H3,27,28,29,30,32). The molecule has 1 fully saturated rings. The van der Waals surface area contributed by atoms with Gasteiger partial charge in [0, 0.05) is 26.4 Å². The predicted molar refractivity (Wildman–Crippen MR) is 140 cm³/mol. The van der Waals surface area contributed by atoms with E-state index in [0.29, 0.717) is 51.3 Å². The molecule has 7 N–H and O–H groups in total. The Balaban J connectivity index is 1.54. The fourth-order valence-electron chi connectivity index (χ4n) is 4.08. The van der Waals surface area contributed by atoms with Crippen molar-refractivity contribution in [2.45, 2.75) is 18.8 Å². The Kier molecular flexibility index (Phi) is 5.94. The first-order valence-corrected chi connectivity index (χ1v) is 11.4. The Morgan fingerprint density at radius 1 is 1.22 bits per heavy atom. The van der Waals surface area contributed by atoms with Crippen LogP contribution in [0.5, 0.6) is 5.75 Å². The number of anilines is 4. The van der Waals surface area contributed by atoms with E-state index in [2.05, 4.69) is 36.9 Å². The first-order valence-electron chi connectivity index (χ1n) is 11.4. The molecule has 0 bridgehead atoms. The maximum Gasteiger partial charge on any atom is 0.277 e. The summed E-state index contributed by atoms with van der Waals surface area (Å²) in [6.45, 7) is 0. The van der Waals surface area contributed by atoms with Gasteiger partial charge in [-0.3, -0.25) is 14.6 Å². The number of hydrogen-bond donors (Lipinski definition) is 5. The molecule has 1 aliphatic carbocycles. The Labute approximate surface area is 206 Å². The smallest absolute Gasteiger partial charge is 0.277 e.